The molecule has 1 fully saturated rings. The maximum absolute atomic E-state index is 11.8. The van der Waals surface area contributed by atoms with E-state index >= 15 is 0 Å². The number of hydrogen-bond acceptors (Lipinski definition) is 2. The van der Waals surface area contributed by atoms with Crippen molar-refractivity contribution < 1.29 is 17.9 Å². The molecule has 1 aliphatic rings. The van der Waals surface area contributed by atoms with Crippen molar-refractivity contribution in [1.29, 1.82) is 0 Å². The van der Waals surface area contributed by atoms with Crippen LogP contribution in [-0.2, 0) is 4.74 Å². The number of nitrogens with one attached hydrogen (secondary N) is 1. The molecule has 1 atom stereocenters. The molecular weight excluding hydrogens is 243 g/mol. The molecule has 1 N–H and O–H groups in total. The average molecular weight is 265 g/mol. The average Bonchev–Trinajstić information content (AvgIpc) is 3.08. The normalized spacial score (nSPS) is 19.6. The molecule has 0 bridgehead atoms. The monoisotopic (exact) mass is 265 g/mol. The lowest BCUT2D eigenvalue weighted by Crippen LogP contribution is -2.32. The van der Waals surface area contributed by atoms with Crippen molar-refractivity contribution in [2.45, 2.75) is 44.8 Å². The van der Waals surface area contributed by atoms with Crippen molar-refractivity contribution in [3.05, 3.63) is 12.7 Å². The van der Waals surface area contributed by atoms with Crippen molar-refractivity contribution in [2.24, 2.45) is 5.41 Å². The zero-order valence-electron chi connectivity index (χ0n) is 10.9. The predicted octanol–water partition coefficient (Wildman–Crippen LogP) is 3.29. The Bertz CT molecular complexity index is 263. The Balaban J connectivity index is 2.11. The second-order valence-electron chi connectivity index (χ2n) is 5.28. The van der Waals surface area contributed by atoms with Crippen LogP contribution in [0.4, 0.5) is 13.2 Å². The molecule has 0 aromatic rings. The van der Waals surface area contributed by atoms with Crippen LogP contribution < -0.4 is 5.32 Å². The number of hydrogen-bond donors (Lipinski definition) is 1. The standard InChI is InChI=1S/C13H22F3NO/c1-3-12(2,9-17-11-5-6-11)7-4-8-18-10-13(14,15)16/h3,11,17H,1,4-10H2,2H3. The smallest absolute Gasteiger partial charge is 0.372 e. The molecule has 0 aliphatic heterocycles. The molecule has 0 saturated heterocycles. The summed E-state index contributed by atoms with van der Waals surface area (Å²) in [6, 6.07) is 0.630. The third-order valence-electron chi connectivity index (χ3n) is 3.17. The first kappa shape index (κ1) is 15.5. The molecule has 0 amide bonds. The van der Waals surface area contributed by atoms with Gasteiger partial charge in [-0.2, -0.15) is 13.2 Å². The molecule has 1 saturated carbocycles. The lowest BCUT2D eigenvalue weighted by atomic mass is 9.85. The van der Waals surface area contributed by atoms with Gasteiger partial charge in [0, 0.05) is 19.2 Å². The summed E-state index contributed by atoms with van der Waals surface area (Å²) in [5.41, 5.74) is -0.0653. The van der Waals surface area contributed by atoms with Crippen LogP contribution in [0.15, 0.2) is 12.7 Å². The van der Waals surface area contributed by atoms with Gasteiger partial charge in [-0.05, 0) is 31.1 Å². The van der Waals surface area contributed by atoms with Crippen LogP contribution in [0.3, 0.4) is 0 Å². The molecule has 106 valence electrons. The summed E-state index contributed by atoms with van der Waals surface area (Å²) in [5, 5.41) is 3.42. The van der Waals surface area contributed by atoms with Crippen molar-refractivity contribution >= 4 is 0 Å². The zero-order valence-corrected chi connectivity index (χ0v) is 10.9. The Kier molecular flexibility index (Phi) is 5.66. The van der Waals surface area contributed by atoms with Gasteiger partial charge in [-0.25, -0.2) is 0 Å². The minimum Gasteiger partial charge on any atom is -0.372 e. The molecule has 0 heterocycles. The lowest BCUT2D eigenvalue weighted by molar-refractivity contribution is -0.174. The quantitative estimate of drug-likeness (QED) is 0.510. The van der Waals surface area contributed by atoms with E-state index in [1.807, 2.05) is 6.08 Å². The Labute approximate surface area is 107 Å². The highest BCUT2D eigenvalue weighted by atomic mass is 19.4. The number of ether oxygens (including phenoxy) is 1. The highest BCUT2D eigenvalue weighted by molar-refractivity contribution is 4.95. The van der Waals surface area contributed by atoms with E-state index in [-0.39, 0.29) is 12.0 Å². The van der Waals surface area contributed by atoms with Gasteiger partial charge in [-0.15, -0.1) is 6.58 Å². The van der Waals surface area contributed by atoms with Crippen molar-refractivity contribution in [1.82, 2.24) is 5.32 Å². The Morgan fingerprint density at radius 3 is 2.56 bits per heavy atom. The van der Waals surface area contributed by atoms with Crippen molar-refractivity contribution in [3.8, 4) is 0 Å². The number of rotatable bonds is 9. The Morgan fingerprint density at radius 2 is 2.06 bits per heavy atom. The molecule has 5 heteroatoms. The van der Waals surface area contributed by atoms with Crippen molar-refractivity contribution in [3.63, 3.8) is 0 Å². The van der Waals surface area contributed by atoms with E-state index in [4.69, 9.17) is 0 Å². The van der Waals surface area contributed by atoms with E-state index < -0.39 is 12.8 Å². The van der Waals surface area contributed by atoms with Gasteiger partial charge in [0.15, 0.2) is 0 Å². The van der Waals surface area contributed by atoms with Crippen LogP contribution in [-0.4, -0.2) is 32.0 Å². The van der Waals surface area contributed by atoms with Crippen LogP contribution in [0, 0.1) is 5.41 Å². The Morgan fingerprint density at radius 1 is 1.39 bits per heavy atom. The minimum atomic E-state index is -4.23. The molecule has 0 aromatic carbocycles. The predicted molar refractivity (Wildman–Crippen MR) is 65.4 cm³/mol. The number of halogens is 3. The summed E-state index contributed by atoms with van der Waals surface area (Å²) in [5.74, 6) is 0. The van der Waals surface area contributed by atoms with Crippen LogP contribution in [0.1, 0.15) is 32.6 Å². The largest absolute Gasteiger partial charge is 0.411 e. The van der Waals surface area contributed by atoms with E-state index in [1.165, 1.54) is 12.8 Å². The third kappa shape index (κ3) is 7.01. The fourth-order valence-corrected chi connectivity index (χ4v) is 1.69. The summed E-state index contributed by atoms with van der Waals surface area (Å²) < 4.78 is 40.1. The summed E-state index contributed by atoms with van der Waals surface area (Å²) in [6.45, 7) is 5.70. The van der Waals surface area contributed by atoms with Crippen LogP contribution in [0.25, 0.3) is 0 Å². The van der Waals surface area contributed by atoms with E-state index in [2.05, 4.69) is 23.6 Å². The van der Waals surface area contributed by atoms with Gasteiger partial charge in [-0.3, -0.25) is 0 Å². The first-order valence-corrected chi connectivity index (χ1v) is 6.36. The highest BCUT2D eigenvalue weighted by Gasteiger charge is 2.28. The first-order valence-electron chi connectivity index (χ1n) is 6.36. The molecule has 18 heavy (non-hydrogen) atoms. The summed E-state index contributed by atoms with van der Waals surface area (Å²) in [6.07, 6.45) is 1.50. The van der Waals surface area contributed by atoms with Gasteiger partial charge >= 0.3 is 6.18 Å². The molecular formula is C13H22F3NO. The van der Waals surface area contributed by atoms with E-state index in [0.717, 1.165) is 13.0 Å². The first-order chi connectivity index (χ1) is 8.35. The fraction of sp³-hybridized carbons (Fsp3) is 0.846. The van der Waals surface area contributed by atoms with Gasteiger partial charge in [0.25, 0.3) is 0 Å². The summed E-state index contributed by atoms with van der Waals surface area (Å²) in [4.78, 5) is 0. The minimum absolute atomic E-state index is 0.0653. The summed E-state index contributed by atoms with van der Waals surface area (Å²) >= 11 is 0. The number of alkyl halides is 3. The van der Waals surface area contributed by atoms with Crippen LogP contribution in [0.5, 0.6) is 0 Å². The maximum Gasteiger partial charge on any atom is 0.411 e. The van der Waals surface area contributed by atoms with Gasteiger partial charge in [0.05, 0.1) is 0 Å². The molecule has 1 aliphatic carbocycles. The molecule has 2 nitrogen and oxygen atoms in total. The molecule has 0 aromatic heterocycles. The van der Waals surface area contributed by atoms with Crippen LogP contribution >= 0.6 is 0 Å². The zero-order chi connectivity index (χ0) is 13.6. The second kappa shape index (κ2) is 6.57. The lowest BCUT2D eigenvalue weighted by Gasteiger charge is -2.26. The van der Waals surface area contributed by atoms with E-state index in [9.17, 15) is 13.2 Å². The summed E-state index contributed by atoms with van der Waals surface area (Å²) in [7, 11) is 0. The third-order valence-corrected chi connectivity index (χ3v) is 3.17. The Hall–Kier alpha value is -0.550. The van der Waals surface area contributed by atoms with Gasteiger partial charge in [0.1, 0.15) is 6.61 Å². The fourth-order valence-electron chi connectivity index (χ4n) is 1.69. The maximum atomic E-state index is 11.8. The van der Waals surface area contributed by atoms with Gasteiger partial charge in [-0.1, -0.05) is 13.0 Å². The topological polar surface area (TPSA) is 21.3 Å². The second-order valence-corrected chi connectivity index (χ2v) is 5.28. The van der Waals surface area contributed by atoms with Gasteiger partial charge in [0.2, 0.25) is 0 Å². The van der Waals surface area contributed by atoms with E-state index in [0.29, 0.717) is 12.5 Å². The van der Waals surface area contributed by atoms with Crippen molar-refractivity contribution in [2.75, 3.05) is 19.8 Å². The molecule has 1 unspecified atom stereocenters. The van der Waals surface area contributed by atoms with E-state index in [1.54, 1.807) is 0 Å². The molecule has 0 spiro atoms. The highest BCUT2D eigenvalue weighted by Crippen LogP contribution is 2.27. The van der Waals surface area contributed by atoms with Gasteiger partial charge < -0.3 is 10.1 Å². The van der Waals surface area contributed by atoms with Crippen LogP contribution in [0.2, 0.25) is 0 Å². The molecule has 0 radical (unpaired) electrons. The SMILES string of the molecule is C=CC(C)(CCCOCC(F)(F)F)CNC1CC1. The molecule has 1 rings (SSSR count).